The summed E-state index contributed by atoms with van der Waals surface area (Å²) in [5.41, 5.74) is 0. The van der Waals surface area contributed by atoms with Crippen molar-refractivity contribution in [3.05, 3.63) is 0 Å². The van der Waals surface area contributed by atoms with E-state index >= 15 is 0 Å². The summed E-state index contributed by atoms with van der Waals surface area (Å²) in [7, 11) is -1.88. The van der Waals surface area contributed by atoms with Crippen molar-refractivity contribution < 1.29 is 9.90 Å². The molecular formula is C16H33NO2S3Si. The molecule has 0 aromatic rings. The van der Waals surface area contributed by atoms with E-state index in [0.29, 0.717) is 6.42 Å². The Bertz CT molecular complexity index is 414. The molecule has 0 aromatic carbocycles. The maximum atomic E-state index is 12.8. The fraction of sp³-hybridized carbons (Fsp3) is 0.938. The van der Waals surface area contributed by atoms with Crippen molar-refractivity contribution in [3.8, 4) is 0 Å². The topological polar surface area (TPSA) is 40.5 Å². The summed E-state index contributed by atoms with van der Waals surface area (Å²) in [4.78, 5) is 12.8. The van der Waals surface area contributed by atoms with E-state index in [-0.39, 0.29) is 32.9 Å². The molecule has 0 bridgehead atoms. The largest absolute Gasteiger partial charge is 0.396 e. The number of carbonyl (C=O) groups is 1. The van der Waals surface area contributed by atoms with Gasteiger partial charge in [0, 0.05) is 19.1 Å². The van der Waals surface area contributed by atoms with Gasteiger partial charge in [-0.2, -0.15) is 0 Å². The van der Waals surface area contributed by atoms with Gasteiger partial charge in [-0.05, 0) is 30.2 Å². The van der Waals surface area contributed by atoms with E-state index in [1.165, 1.54) is 0 Å². The molecule has 7 heteroatoms. The molecule has 1 heterocycles. The minimum absolute atomic E-state index is 0.0000463. The van der Waals surface area contributed by atoms with Gasteiger partial charge in [0.2, 0.25) is 5.91 Å². The highest BCUT2D eigenvalue weighted by molar-refractivity contribution is 8.33. The average molecular weight is 396 g/mol. The fourth-order valence-electron chi connectivity index (χ4n) is 3.10. The van der Waals surface area contributed by atoms with Gasteiger partial charge >= 0.3 is 0 Å². The number of rotatable bonds is 8. The number of β-lactam (4-membered cyclic amide) rings is 1. The molecule has 1 rings (SSSR count). The van der Waals surface area contributed by atoms with Gasteiger partial charge in [-0.1, -0.05) is 33.9 Å². The molecule has 0 radical (unpaired) electrons. The van der Waals surface area contributed by atoms with E-state index in [1.807, 2.05) is 35.3 Å². The highest BCUT2D eigenvalue weighted by Crippen LogP contribution is 2.53. The second-order valence-electron chi connectivity index (χ2n) is 7.70. The first-order valence-corrected chi connectivity index (χ1v) is 14.7. The Morgan fingerprint density at radius 1 is 1.13 bits per heavy atom. The van der Waals surface area contributed by atoms with E-state index in [1.54, 1.807) is 0 Å². The van der Waals surface area contributed by atoms with Gasteiger partial charge in [0.05, 0.1) is 5.92 Å². The fourth-order valence-corrected chi connectivity index (χ4v) is 8.65. The molecule has 1 aliphatic heterocycles. The molecule has 0 unspecified atom stereocenters. The maximum absolute atomic E-state index is 12.8. The number of thioether (sulfide) groups is 3. The van der Waals surface area contributed by atoms with E-state index in [0.717, 1.165) is 6.42 Å². The predicted octanol–water partition coefficient (Wildman–Crippen LogP) is 4.33. The molecule has 2 atom stereocenters. The third kappa shape index (κ3) is 4.10. The average Bonchev–Trinajstić information content (AvgIpc) is 2.48. The van der Waals surface area contributed by atoms with Crippen LogP contribution in [0.15, 0.2) is 0 Å². The molecule has 0 saturated carbocycles. The summed E-state index contributed by atoms with van der Waals surface area (Å²) >= 11 is 5.63. The highest BCUT2D eigenvalue weighted by Gasteiger charge is 2.58. The number of carbonyl (C=O) groups excluding carboxylic acids is 1. The summed E-state index contributed by atoms with van der Waals surface area (Å²) in [5, 5.41) is 9.53. The predicted molar refractivity (Wildman–Crippen MR) is 111 cm³/mol. The van der Waals surface area contributed by atoms with Gasteiger partial charge in [0.1, 0.15) is 3.41 Å². The van der Waals surface area contributed by atoms with Crippen LogP contribution in [0.3, 0.4) is 0 Å². The number of hydrogen-bond donors (Lipinski definition) is 1. The molecule has 0 spiro atoms. The Balaban J connectivity index is 3.13. The SMILES string of the molecule is CSC(C[C@@H]1[C@H](CCO)C(=O)N1[Si](C)(C)C(C)(C)C)(SC)SC. The van der Waals surface area contributed by atoms with Gasteiger partial charge in [0.25, 0.3) is 0 Å². The number of nitrogens with zero attached hydrogens (tertiary/aromatic N) is 1. The zero-order chi connectivity index (χ0) is 18.1. The normalized spacial score (nSPS) is 23.2. The van der Waals surface area contributed by atoms with Crippen molar-refractivity contribution in [2.24, 2.45) is 5.92 Å². The lowest BCUT2D eigenvalue weighted by Gasteiger charge is -2.60. The molecular weight excluding hydrogens is 362 g/mol. The van der Waals surface area contributed by atoms with Crippen molar-refractivity contribution in [3.63, 3.8) is 0 Å². The van der Waals surface area contributed by atoms with Crippen LogP contribution >= 0.6 is 35.3 Å². The second-order valence-corrected chi connectivity index (χ2v) is 16.9. The van der Waals surface area contributed by atoms with Crippen LogP contribution in [0.5, 0.6) is 0 Å². The zero-order valence-corrected chi connectivity index (χ0v) is 19.3. The summed E-state index contributed by atoms with van der Waals surface area (Å²) in [5.74, 6) is 0.271. The van der Waals surface area contributed by atoms with Crippen LogP contribution < -0.4 is 0 Å². The lowest BCUT2D eigenvalue weighted by Crippen LogP contribution is -2.73. The molecule has 136 valence electrons. The Kier molecular flexibility index (Phi) is 7.50. The first-order chi connectivity index (χ1) is 10.5. The molecule has 1 N–H and O–H groups in total. The second kappa shape index (κ2) is 7.93. The monoisotopic (exact) mass is 395 g/mol. The first kappa shape index (κ1) is 21.7. The lowest BCUT2D eigenvalue weighted by atomic mass is 9.86. The third-order valence-corrected chi connectivity index (χ3v) is 16.4. The minimum Gasteiger partial charge on any atom is -0.396 e. The Morgan fingerprint density at radius 3 is 1.96 bits per heavy atom. The molecule has 1 aliphatic rings. The van der Waals surface area contributed by atoms with Crippen molar-refractivity contribution in [1.29, 1.82) is 0 Å². The van der Waals surface area contributed by atoms with E-state index in [9.17, 15) is 9.90 Å². The molecule has 1 saturated heterocycles. The van der Waals surface area contributed by atoms with Gasteiger partial charge in [-0.3, -0.25) is 4.79 Å². The summed E-state index contributed by atoms with van der Waals surface area (Å²) in [6.07, 6.45) is 8.06. The lowest BCUT2D eigenvalue weighted by molar-refractivity contribution is -0.149. The number of amides is 1. The van der Waals surface area contributed by atoms with Crippen LogP contribution in [0.4, 0.5) is 0 Å². The number of aliphatic hydroxyl groups excluding tert-OH is 1. The standard InChI is InChI=1S/C16H33NO2S3Si/c1-15(2,3)23(7,8)17-13(12(9-10-18)14(17)19)11-16(20-4,21-5)22-6/h12-13,18H,9-11H2,1-8H3/t12-,13+/m0/s1. The Hall–Kier alpha value is 0.697. The maximum Gasteiger partial charge on any atom is 0.220 e. The molecule has 1 amide bonds. The van der Waals surface area contributed by atoms with Gasteiger partial charge in [-0.15, -0.1) is 35.3 Å². The van der Waals surface area contributed by atoms with Crippen LogP contribution in [-0.4, -0.2) is 58.6 Å². The first-order valence-electron chi connectivity index (χ1n) is 8.10. The van der Waals surface area contributed by atoms with Crippen LogP contribution in [0, 0.1) is 5.92 Å². The molecule has 0 aliphatic carbocycles. The van der Waals surface area contributed by atoms with Gasteiger partial charge in [0.15, 0.2) is 8.24 Å². The highest BCUT2D eigenvalue weighted by atomic mass is 32.3. The third-order valence-electron chi connectivity index (χ3n) is 5.62. The van der Waals surface area contributed by atoms with Gasteiger partial charge in [-0.25, -0.2) is 0 Å². The number of hydrogen-bond acceptors (Lipinski definition) is 5. The van der Waals surface area contributed by atoms with E-state index in [4.69, 9.17) is 0 Å². The van der Waals surface area contributed by atoms with Crippen molar-refractivity contribution in [1.82, 2.24) is 4.57 Å². The Morgan fingerprint density at radius 2 is 1.61 bits per heavy atom. The quantitative estimate of drug-likeness (QED) is 0.376. The van der Waals surface area contributed by atoms with Crippen LogP contribution in [0.1, 0.15) is 33.6 Å². The molecule has 0 aromatic heterocycles. The zero-order valence-electron chi connectivity index (χ0n) is 15.8. The van der Waals surface area contributed by atoms with E-state index < -0.39 is 8.24 Å². The van der Waals surface area contributed by atoms with Crippen LogP contribution in [0.25, 0.3) is 0 Å². The molecule has 3 nitrogen and oxygen atoms in total. The van der Waals surface area contributed by atoms with E-state index in [2.05, 4.69) is 57.2 Å². The summed E-state index contributed by atoms with van der Waals surface area (Å²) in [6, 6.07) is 0.267. The number of aliphatic hydroxyl groups is 1. The Labute approximate surface area is 156 Å². The summed E-state index contributed by atoms with van der Waals surface area (Å²) < 4.78 is 2.32. The van der Waals surface area contributed by atoms with Crippen molar-refractivity contribution in [2.45, 2.75) is 61.2 Å². The summed E-state index contributed by atoms with van der Waals surface area (Å²) in [6.45, 7) is 11.5. The van der Waals surface area contributed by atoms with Crippen molar-refractivity contribution >= 4 is 49.4 Å². The van der Waals surface area contributed by atoms with Gasteiger partial charge < -0.3 is 9.67 Å². The van der Waals surface area contributed by atoms with Crippen molar-refractivity contribution in [2.75, 3.05) is 25.4 Å². The minimum atomic E-state index is -1.88. The molecule has 1 fully saturated rings. The smallest absolute Gasteiger partial charge is 0.220 e. The van der Waals surface area contributed by atoms with Crippen LogP contribution in [-0.2, 0) is 4.79 Å². The molecule has 23 heavy (non-hydrogen) atoms. The van der Waals surface area contributed by atoms with Crippen LogP contribution in [0.2, 0.25) is 18.1 Å².